The van der Waals surface area contributed by atoms with Crippen molar-refractivity contribution < 1.29 is 17.9 Å². The van der Waals surface area contributed by atoms with E-state index in [0.717, 1.165) is 11.3 Å². The van der Waals surface area contributed by atoms with E-state index in [2.05, 4.69) is 15.0 Å². The van der Waals surface area contributed by atoms with Crippen LogP contribution >= 0.6 is 11.6 Å². The molecule has 2 aromatic rings. The molecule has 2 rings (SSSR count). The van der Waals surface area contributed by atoms with Crippen LogP contribution in [0.1, 0.15) is 5.69 Å². The minimum atomic E-state index is -4.28. The maximum atomic E-state index is 11.8. The summed E-state index contributed by atoms with van der Waals surface area (Å²) >= 11 is 5.85. The Morgan fingerprint density at radius 3 is 2.85 bits per heavy atom. The van der Waals surface area contributed by atoms with Crippen molar-refractivity contribution in [3.05, 3.63) is 35.2 Å². The zero-order valence-electron chi connectivity index (χ0n) is 10.5. The lowest BCUT2D eigenvalue weighted by Crippen LogP contribution is -2.23. The first-order valence-corrected chi connectivity index (χ1v) is 6.30. The summed E-state index contributed by atoms with van der Waals surface area (Å²) in [5.74, 6) is 0. The summed E-state index contributed by atoms with van der Waals surface area (Å²) in [5, 5.41) is 3.57. The fraction of sp³-hybridized carbons (Fsp3) is 0.417. The van der Waals surface area contributed by atoms with Gasteiger partial charge < -0.3 is 14.5 Å². The number of pyridine rings is 1. The van der Waals surface area contributed by atoms with Crippen LogP contribution in [0.4, 0.5) is 13.2 Å². The first-order chi connectivity index (χ1) is 9.44. The third kappa shape index (κ3) is 4.66. The van der Waals surface area contributed by atoms with Crippen LogP contribution in [0.5, 0.6) is 0 Å². The first-order valence-electron chi connectivity index (χ1n) is 5.92. The number of hydrogen-bond acceptors (Lipinski definition) is 3. The number of ether oxygens (including phenoxy) is 1. The second-order valence-corrected chi connectivity index (χ2v) is 4.63. The molecular weight excluding hydrogens is 295 g/mol. The Balaban J connectivity index is 1.73. The number of alkyl halides is 3. The van der Waals surface area contributed by atoms with Crippen molar-refractivity contribution in [3.8, 4) is 0 Å². The van der Waals surface area contributed by atoms with Gasteiger partial charge >= 0.3 is 6.18 Å². The van der Waals surface area contributed by atoms with Gasteiger partial charge in [0.15, 0.2) is 0 Å². The van der Waals surface area contributed by atoms with Gasteiger partial charge in [0.2, 0.25) is 0 Å². The molecule has 8 heteroatoms. The van der Waals surface area contributed by atoms with E-state index in [4.69, 9.17) is 11.6 Å². The largest absolute Gasteiger partial charge is 0.411 e. The average molecular weight is 308 g/mol. The van der Waals surface area contributed by atoms with Gasteiger partial charge in [0.25, 0.3) is 0 Å². The van der Waals surface area contributed by atoms with Gasteiger partial charge in [-0.1, -0.05) is 11.6 Å². The zero-order chi connectivity index (χ0) is 14.6. The molecule has 2 heterocycles. The molecule has 2 aromatic heterocycles. The van der Waals surface area contributed by atoms with Crippen molar-refractivity contribution in [2.45, 2.75) is 12.7 Å². The van der Waals surface area contributed by atoms with Crippen LogP contribution in [0.15, 0.2) is 24.5 Å². The van der Waals surface area contributed by atoms with Crippen molar-refractivity contribution in [1.82, 2.24) is 14.7 Å². The Morgan fingerprint density at radius 2 is 2.10 bits per heavy atom. The van der Waals surface area contributed by atoms with E-state index in [1.54, 1.807) is 22.7 Å². The quantitative estimate of drug-likeness (QED) is 0.834. The number of hydrogen-bond donors (Lipinski definition) is 1. The summed E-state index contributed by atoms with van der Waals surface area (Å²) < 4.78 is 41.7. The molecule has 0 amide bonds. The van der Waals surface area contributed by atoms with Gasteiger partial charge in [-0.25, -0.2) is 4.98 Å². The van der Waals surface area contributed by atoms with Crippen molar-refractivity contribution >= 4 is 17.2 Å². The molecule has 110 valence electrons. The Labute approximate surface area is 118 Å². The lowest BCUT2D eigenvalue weighted by molar-refractivity contribution is -0.173. The molecule has 0 unspecified atom stereocenters. The van der Waals surface area contributed by atoms with E-state index in [-0.39, 0.29) is 6.61 Å². The smallest absolute Gasteiger partial charge is 0.371 e. The highest BCUT2D eigenvalue weighted by atomic mass is 35.5. The van der Waals surface area contributed by atoms with Gasteiger partial charge in [-0.2, -0.15) is 13.2 Å². The molecule has 0 aliphatic rings. The maximum absolute atomic E-state index is 11.8. The molecule has 0 spiro atoms. The Bertz CT molecular complexity index is 571. The lowest BCUT2D eigenvalue weighted by Gasteiger charge is -2.07. The molecule has 0 saturated carbocycles. The van der Waals surface area contributed by atoms with E-state index in [9.17, 15) is 13.2 Å². The Morgan fingerprint density at radius 1 is 1.30 bits per heavy atom. The minimum Gasteiger partial charge on any atom is -0.371 e. The number of rotatable bonds is 6. The number of nitrogens with one attached hydrogen (secondary N) is 1. The van der Waals surface area contributed by atoms with Crippen molar-refractivity contribution in [2.24, 2.45) is 0 Å². The molecule has 0 aliphatic carbocycles. The molecule has 0 aliphatic heterocycles. The Hall–Kier alpha value is -1.31. The molecule has 0 aromatic carbocycles. The molecule has 20 heavy (non-hydrogen) atoms. The van der Waals surface area contributed by atoms with Gasteiger partial charge in [0.1, 0.15) is 12.3 Å². The highest BCUT2D eigenvalue weighted by Crippen LogP contribution is 2.14. The second-order valence-electron chi connectivity index (χ2n) is 4.19. The van der Waals surface area contributed by atoms with E-state index in [0.29, 0.717) is 18.1 Å². The molecule has 0 fully saturated rings. The van der Waals surface area contributed by atoms with Crippen LogP contribution in [0.3, 0.4) is 0 Å². The predicted molar refractivity (Wildman–Crippen MR) is 68.8 cm³/mol. The third-order valence-corrected chi connectivity index (χ3v) is 2.68. The number of fused-ring (bicyclic) bond motifs is 1. The van der Waals surface area contributed by atoms with Gasteiger partial charge in [0, 0.05) is 25.5 Å². The lowest BCUT2D eigenvalue weighted by atomic mass is 10.4. The van der Waals surface area contributed by atoms with Gasteiger partial charge in [-0.05, 0) is 12.1 Å². The van der Waals surface area contributed by atoms with Crippen molar-refractivity contribution in [1.29, 1.82) is 0 Å². The SMILES string of the molecule is FC(F)(F)COCCNCc1cn2cc(Cl)ccc2n1. The molecule has 4 nitrogen and oxygen atoms in total. The van der Waals surface area contributed by atoms with Gasteiger partial charge in [0.05, 0.1) is 17.3 Å². The van der Waals surface area contributed by atoms with Crippen LogP contribution in [0.2, 0.25) is 5.02 Å². The third-order valence-electron chi connectivity index (χ3n) is 2.46. The van der Waals surface area contributed by atoms with E-state index < -0.39 is 12.8 Å². The molecule has 0 atom stereocenters. The topological polar surface area (TPSA) is 38.6 Å². The number of imidazole rings is 1. The standard InChI is InChI=1S/C12H13ClF3N3O/c13-9-1-2-11-18-10(7-19(11)6-9)5-17-3-4-20-8-12(14,15)16/h1-2,6-7,17H,3-5,8H2. The summed E-state index contributed by atoms with van der Waals surface area (Å²) in [4.78, 5) is 4.33. The summed E-state index contributed by atoms with van der Waals surface area (Å²) in [6.45, 7) is -0.445. The minimum absolute atomic E-state index is 0.00128. The van der Waals surface area contributed by atoms with E-state index in [1.807, 2.05) is 6.20 Å². The predicted octanol–water partition coefficient (Wildman–Crippen LogP) is 2.66. The number of nitrogens with zero attached hydrogens (tertiary/aromatic N) is 2. The van der Waals surface area contributed by atoms with Crippen LogP contribution in [-0.4, -0.2) is 35.3 Å². The number of aromatic nitrogens is 2. The molecule has 0 radical (unpaired) electrons. The summed E-state index contributed by atoms with van der Waals surface area (Å²) in [6, 6.07) is 3.53. The monoisotopic (exact) mass is 307 g/mol. The maximum Gasteiger partial charge on any atom is 0.411 e. The van der Waals surface area contributed by atoms with Gasteiger partial charge in [-0.3, -0.25) is 0 Å². The molecule has 0 saturated heterocycles. The molecular formula is C12H13ClF3N3O. The number of halogens is 4. The second kappa shape index (κ2) is 6.43. The van der Waals surface area contributed by atoms with Crippen molar-refractivity contribution in [2.75, 3.05) is 19.8 Å². The van der Waals surface area contributed by atoms with Crippen LogP contribution in [0.25, 0.3) is 5.65 Å². The van der Waals surface area contributed by atoms with Crippen LogP contribution in [-0.2, 0) is 11.3 Å². The fourth-order valence-electron chi connectivity index (χ4n) is 1.65. The summed E-state index contributed by atoms with van der Waals surface area (Å²) in [6.07, 6.45) is -0.731. The molecule has 1 N–H and O–H groups in total. The van der Waals surface area contributed by atoms with E-state index in [1.165, 1.54) is 0 Å². The highest BCUT2D eigenvalue weighted by Gasteiger charge is 2.27. The summed E-state index contributed by atoms with van der Waals surface area (Å²) in [7, 11) is 0. The van der Waals surface area contributed by atoms with Crippen LogP contribution < -0.4 is 5.32 Å². The normalized spacial score (nSPS) is 12.2. The van der Waals surface area contributed by atoms with Crippen molar-refractivity contribution in [3.63, 3.8) is 0 Å². The fourth-order valence-corrected chi connectivity index (χ4v) is 1.82. The first kappa shape index (κ1) is 15.1. The summed E-state index contributed by atoms with van der Waals surface area (Å²) in [5.41, 5.74) is 1.54. The Kier molecular flexibility index (Phi) is 4.85. The van der Waals surface area contributed by atoms with Gasteiger partial charge in [-0.15, -0.1) is 0 Å². The molecule has 0 bridgehead atoms. The average Bonchev–Trinajstić information content (AvgIpc) is 2.74. The van der Waals surface area contributed by atoms with Crippen LogP contribution in [0, 0.1) is 0 Å². The highest BCUT2D eigenvalue weighted by molar-refractivity contribution is 6.30. The van der Waals surface area contributed by atoms with E-state index >= 15 is 0 Å². The zero-order valence-corrected chi connectivity index (χ0v) is 11.2.